The maximum absolute atomic E-state index is 13.7. The Kier molecular flexibility index (Phi) is 3.22. The molecule has 1 rings (SSSR count). The Morgan fingerprint density at radius 3 is 2.00 bits per heavy atom. The van der Waals surface area contributed by atoms with Crippen LogP contribution in [0.1, 0.15) is 46.6 Å². The molecule has 0 aliphatic rings. The van der Waals surface area contributed by atoms with Crippen molar-refractivity contribution < 1.29 is 4.39 Å². The molecular formula is C14H21F. The maximum atomic E-state index is 13.7. The average molecular weight is 208 g/mol. The van der Waals surface area contributed by atoms with Crippen LogP contribution in [0.2, 0.25) is 0 Å². The molecular weight excluding hydrogens is 187 g/mol. The molecule has 0 atom stereocenters. The highest BCUT2D eigenvalue weighted by molar-refractivity contribution is 5.25. The molecule has 0 amide bonds. The van der Waals surface area contributed by atoms with Gasteiger partial charge in [-0.15, -0.1) is 0 Å². The molecule has 0 aliphatic carbocycles. The van der Waals surface area contributed by atoms with E-state index in [0.29, 0.717) is 0 Å². The fraction of sp³-hybridized carbons (Fsp3) is 0.571. The SMILES string of the molecule is CC(C)(C)CC(C)(C)c1ccccc1F. The molecule has 1 heteroatoms. The van der Waals surface area contributed by atoms with Gasteiger partial charge in [0.2, 0.25) is 0 Å². The Morgan fingerprint density at radius 2 is 1.53 bits per heavy atom. The minimum absolute atomic E-state index is 0.0910. The first kappa shape index (κ1) is 12.2. The first-order valence-corrected chi connectivity index (χ1v) is 5.47. The molecule has 84 valence electrons. The van der Waals surface area contributed by atoms with E-state index >= 15 is 0 Å². The quantitative estimate of drug-likeness (QED) is 0.669. The lowest BCUT2D eigenvalue weighted by Gasteiger charge is -2.33. The molecule has 0 aliphatic heterocycles. The molecule has 0 unspecified atom stereocenters. The molecule has 0 saturated heterocycles. The summed E-state index contributed by atoms with van der Waals surface area (Å²) in [5.74, 6) is -0.0910. The first-order valence-electron chi connectivity index (χ1n) is 5.47. The largest absolute Gasteiger partial charge is 0.207 e. The van der Waals surface area contributed by atoms with Crippen molar-refractivity contribution in [1.82, 2.24) is 0 Å². The fourth-order valence-electron chi connectivity index (χ4n) is 2.43. The summed E-state index contributed by atoms with van der Waals surface area (Å²) in [5.41, 5.74) is 0.926. The normalized spacial score (nSPS) is 12.9. The third kappa shape index (κ3) is 3.33. The van der Waals surface area contributed by atoms with Crippen LogP contribution in [0.25, 0.3) is 0 Å². The summed E-state index contributed by atoms with van der Waals surface area (Å²) >= 11 is 0. The van der Waals surface area contributed by atoms with Crippen molar-refractivity contribution in [2.24, 2.45) is 5.41 Å². The van der Waals surface area contributed by atoms with E-state index in [0.717, 1.165) is 12.0 Å². The number of halogens is 1. The number of hydrogen-bond acceptors (Lipinski definition) is 0. The molecule has 15 heavy (non-hydrogen) atoms. The molecule has 0 bridgehead atoms. The van der Waals surface area contributed by atoms with Gasteiger partial charge in [-0.2, -0.15) is 0 Å². The van der Waals surface area contributed by atoms with Crippen molar-refractivity contribution in [3.05, 3.63) is 35.6 Å². The summed E-state index contributed by atoms with van der Waals surface area (Å²) in [5, 5.41) is 0. The lowest BCUT2D eigenvalue weighted by molar-refractivity contribution is 0.279. The monoisotopic (exact) mass is 208 g/mol. The Balaban J connectivity index is 3.01. The third-order valence-electron chi connectivity index (χ3n) is 2.58. The third-order valence-corrected chi connectivity index (χ3v) is 2.58. The van der Waals surface area contributed by atoms with Gasteiger partial charge in [-0.1, -0.05) is 52.8 Å². The molecule has 0 saturated carbocycles. The molecule has 0 heterocycles. The second-order valence-corrected chi connectivity index (χ2v) is 6.10. The Labute approximate surface area is 92.5 Å². The number of benzene rings is 1. The van der Waals surface area contributed by atoms with Gasteiger partial charge in [0.05, 0.1) is 0 Å². The van der Waals surface area contributed by atoms with Gasteiger partial charge in [0.1, 0.15) is 5.82 Å². The van der Waals surface area contributed by atoms with Gasteiger partial charge < -0.3 is 0 Å². The van der Waals surface area contributed by atoms with Crippen molar-refractivity contribution in [1.29, 1.82) is 0 Å². The van der Waals surface area contributed by atoms with Gasteiger partial charge in [-0.05, 0) is 28.9 Å². The zero-order valence-corrected chi connectivity index (χ0v) is 10.4. The topological polar surface area (TPSA) is 0 Å². The standard InChI is InChI=1S/C14H21F/c1-13(2,3)10-14(4,5)11-8-6-7-9-12(11)15/h6-9H,10H2,1-5H3. The second-order valence-electron chi connectivity index (χ2n) is 6.10. The van der Waals surface area contributed by atoms with Gasteiger partial charge in [0, 0.05) is 0 Å². The first-order chi connectivity index (χ1) is 6.72. The van der Waals surface area contributed by atoms with E-state index in [-0.39, 0.29) is 16.6 Å². The Bertz CT molecular complexity index is 331. The van der Waals surface area contributed by atoms with Crippen LogP contribution < -0.4 is 0 Å². The van der Waals surface area contributed by atoms with E-state index in [4.69, 9.17) is 0 Å². The van der Waals surface area contributed by atoms with Crippen LogP contribution in [0.4, 0.5) is 4.39 Å². The molecule has 1 aromatic carbocycles. The smallest absolute Gasteiger partial charge is 0.126 e. The summed E-state index contributed by atoms with van der Waals surface area (Å²) in [7, 11) is 0. The van der Waals surface area contributed by atoms with E-state index < -0.39 is 0 Å². The van der Waals surface area contributed by atoms with Crippen molar-refractivity contribution in [2.75, 3.05) is 0 Å². The lowest BCUT2D eigenvalue weighted by atomic mass is 9.72. The summed E-state index contributed by atoms with van der Waals surface area (Å²) in [6.07, 6.45) is 0.973. The number of rotatable bonds is 2. The van der Waals surface area contributed by atoms with E-state index in [1.165, 1.54) is 0 Å². The van der Waals surface area contributed by atoms with E-state index in [1.807, 2.05) is 12.1 Å². The predicted octanol–water partition coefficient (Wildman–Crippen LogP) is 4.54. The Morgan fingerprint density at radius 1 is 1.00 bits per heavy atom. The van der Waals surface area contributed by atoms with Crippen LogP contribution in [-0.4, -0.2) is 0 Å². The van der Waals surface area contributed by atoms with E-state index in [2.05, 4.69) is 34.6 Å². The van der Waals surface area contributed by atoms with Crippen LogP contribution in [0, 0.1) is 11.2 Å². The zero-order chi connectivity index (χ0) is 11.7. The molecule has 0 radical (unpaired) electrons. The molecule has 0 spiro atoms. The Hall–Kier alpha value is -0.850. The van der Waals surface area contributed by atoms with Crippen LogP contribution in [-0.2, 0) is 5.41 Å². The minimum Gasteiger partial charge on any atom is -0.207 e. The van der Waals surface area contributed by atoms with Crippen molar-refractivity contribution in [3.8, 4) is 0 Å². The highest BCUT2D eigenvalue weighted by Crippen LogP contribution is 2.36. The summed E-state index contributed by atoms with van der Waals surface area (Å²) in [6, 6.07) is 7.08. The van der Waals surface area contributed by atoms with Gasteiger partial charge in [0.15, 0.2) is 0 Å². The number of hydrogen-bond donors (Lipinski definition) is 0. The highest BCUT2D eigenvalue weighted by Gasteiger charge is 2.29. The van der Waals surface area contributed by atoms with Gasteiger partial charge in [-0.3, -0.25) is 0 Å². The van der Waals surface area contributed by atoms with Crippen molar-refractivity contribution in [3.63, 3.8) is 0 Å². The van der Waals surface area contributed by atoms with Gasteiger partial charge in [-0.25, -0.2) is 4.39 Å². The van der Waals surface area contributed by atoms with Crippen molar-refractivity contribution >= 4 is 0 Å². The van der Waals surface area contributed by atoms with Crippen LogP contribution >= 0.6 is 0 Å². The summed E-state index contributed by atoms with van der Waals surface area (Å²) in [4.78, 5) is 0. The summed E-state index contributed by atoms with van der Waals surface area (Å²) in [6.45, 7) is 10.8. The predicted molar refractivity (Wildman–Crippen MR) is 63.5 cm³/mol. The summed E-state index contributed by atoms with van der Waals surface area (Å²) < 4.78 is 13.7. The average Bonchev–Trinajstić information content (AvgIpc) is 1.99. The molecule has 0 N–H and O–H groups in total. The van der Waals surface area contributed by atoms with Crippen LogP contribution in [0.15, 0.2) is 24.3 Å². The molecule has 0 fully saturated rings. The highest BCUT2D eigenvalue weighted by atomic mass is 19.1. The van der Waals surface area contributed by atoms with E-state index in [9.17, 15) is 4.39 Å². The lowest BCUT2D eigenvalue weighted by Crippen LogP contribution is -2.25. The van der Waals surface area contributed by atoms with Crippen LogP contribution in [0.3, 0.4) is 0 Å². The molecule has 0 nitrogen and oxygen atoms in total. The van der Waals surface area contributed by atoms with Crippen molar-refractivity contribution in [2.45, 2.75) is 46.5 Å². The van der Waals surface area contributed by atoms with Gasteiger partial charge in [0.25, 0.3) is 0 Å². The van der Waals surface area contributed by atoms with Gasteiger partial charge >= 0.3 is 0 Å². The minimum atomic E-state index is -0.108. The zero-order valence-electron chi connectivity index (χ0n) is 10.4. The second kappa shape index (κ2) is 3.96. The molecule has 1 aromatic rings. The van der Waals surface area contributed by atoms with E-state index in [1.54, 1.807) is 12.1 Å². The maximum Gasteiger partial charge on any atom is 0.126 e. The van der Waals surface area contributed by atoms with Crippen LogP contribution in [0.5, 0.6) is 0 Å². The molecule has 0 aromatic heterocycles. The fourth-order valence-corrected chi connectivity index (χ4v) is 2.43.